The summed E-state index contributed by atoms with van der Waals surface area (Å²) in [4.78, 5) is 32.1. The van der Waals surface area contributed by atoms with Crippen molar-refractivity contribution >= 4 is 34.9 Å². The molecule has 2 aliphatic rings. The lowest BCUT2D eigenvalue weighted by Crippen LogP contribution is -2.52. The maximum atomic E-state index is 13.0. The quantitative estimate of drug-likeness (QED) is 0.581. The lowest BCUT2D eigenvalue weighted by Gasteiger charge is -2.37. The van der Waals surface area contributed by atoms with Crippen LogP contribution in [0.25, 0.3) is 0 Å². The van der Waals surface area contributed by atoms with Gasteiger partial charge in [0.1, 0.15) is 11.9 Å². The van der Waals surface area contributed by atoms with Crippen molar-refractivity contribution < 1.29 is 9.59 Å². The SMILES string of the molecule is CC[C@H](C(=O)NCCCN1CCN(c2cc(Cl)ccc2C)CC1)N1C(=O)CCn2nc(C)cc21. The van der Waals surface area contributed by atoms with Crippen molar-refractivity contribution in [2.75, 3.05) is 49.1 Å². The Balaban J connectivity index is 1.24. The maximum absolute atomic E-state index is 13.0. The first-order valence-electron chi connectivity index (χ1n) is 12.2. The minimum Gasteiger partial charge on any atom is -0.369 e. The molecule has 2 aromatic rings. The van der Waals surface area contributed by atoms with Crippen LogP contribution in [0.1, 0.15) is 37.4 Å². The fourth-order valence-corrected chi connectivity index (χ4v) is 5.09. The summed E-state index contributed by atoms with van der Waals surface area (Å²) < 4.78 is 1.83. The summed E-state index contributed by atoms with van der Waals surface area (Å²) in [6.45, 7) is 12.0. The van der Waals surface area contributed by atoms with Crippen LogP contribution in [-0.4, -0.2) is 71.8 Å². The van der Waals surface area contributed by atoms with Crippen LogP contribution < -0.4 is 15.1 Å². The van der Waals surface area contributed by atoms with E-state index in [1.807, 2.05) is 36.7 Å². The van der Waals surface area contributed by atoms with Crippen LogP contribution in [0.15, 0.2) is 24.3 Å². The topological polar surface area (TPSA) is 73.7 Å². The Hall–Kier alpha value is -2.58. The van der Waals surface area contributed by atoms with Gasteiger partial charge < -0.3 is 10.2 Å². The van der Waals surface area contributed by atoms with Gasteiger partial charge in [0.05, 0.1) is 12.2 Å². The van der Waals surface area contributed by atoms with Crippen LogP contribution in [-0.2, 0) is 16.1 Å². The minimum absolute atomic E-state index is 0.0118. The van der Waals surface area contributed by atoms with E-state index in [0.29, 0.717) is 25.9 Å². The molecule has 0 saturated carbocycles. The zero-order valence-electron chi connectivity index (χ0n) is 20.4. The average Bonchev–Trinajstić information content (AvgIpc) is 3.21. The molecule has 4 rings (SSSR count). The van der Waals surface area contributed by atoms with Crippen LogP contribution in [0.2, 0.25) is 5.02 Å². The number of aryl methyl sites for hydroxylation is 3. The summed E-state index contributed by atoms with van der Waals surface area (Å²) in [7, 11) is 0. The number of rotatable bonds is 8. The molecule has 1 N–H and O–H groups in total. The third kappa shape index (κ3) is 5.39. The molecule has 0 unspecified atom stereocenters. The molecule has 3 heterocycles. The summed E-state index contributed by atoms with van der Waals surface area (Å²) in [6, 6.07) is 7.44. The summed E-state index contributed by atoms with van der Waals surface area (Å²) in [5, 5.41) is 8.28. The van der Waals surface area contributed by atoms with E-state index >= 15 is 0 Å². The normalized spacial score (nSPS) is 17.6. The molecule has 9 heteroatoms. The van der Waals surface area contributed by atoms with Gasteiger partial charge in [0.2, 0.25) is 11.8 Å². The highest BCUT2D eigenvalue weighted by Gasteiger charge is 2.34. The fourth-order valence-electron chi connectivity index (χ4n) is 4.93. The largest absolute Gasteiger partial charge is 0.369 e. The number of amides is 2. The smallest absolute Gasteiger partial charge is 0.243 e. The highest BCUT2D eigenvalue weighted by atomic mass is 35.5. The molecule has 2 aliphatic heterocycles. The Morgan fingerprint density at radius 3 is 2.65 bits per heavy atom. The number of nitrogens with one attached hydrogen (secondary N) is 1. The van der Waals surface area contributed by atoms with Gasteiger partial charge in [0, 0.05) is 55.9 Å². The lowest BCUT2D eigenvalue weighted by molar-refractivity contribution is -0.127. The Morgan fingerprint density at radius 2 is 1.91 bits per heavy atom. The molecular formula is C25H35ClN6O2. The van der Waals surface area contributed by atoms with E-state index in [1.54, 1.807) is 4.90 Å². The zero-order chi connectivity index (χ0) is 24.2. The molecule has 0 bridgehead atoms. The number of hydrogen-bond acceptors (Lipinski definition) is 5. The molecule has 1 fully saturated rings. The second kappa shape index (κ2) is 10.8. The number of carbonyl (C=O) groups excluding carboxylic acids is 2. The van der Waals surface area contributed by atoms with Gasteiger partial charge in [-0.2, -0.15) is 5.10 Å². The van der Waals surface area contributed by atoms with Crippen molar-refractivity contribution in [3.63, 3.8) is 0 Å². The van der Waals surface area contributed by atoms with E-state index in [4.69, 9.17) is 11.6 Å². The highest BCUT2D eigenvalue weighted by Crippen LogP contribution is 2.27. The molecule has 34 heavy (non-hydrogen) atoms. The van der Waals surface area contributed by atoms with Gasteiger partial charge in [0.15, 0.2) is 0 Å². The zero-order valence-corrected chi connectivity index (χ0v) is 21.1. The van der Waals surface area contributed by atoms with Crippen molar-refractivity contribution in [1.29, 1.82) is 0 Å². The summed E-state index contributed by atoms with van der Waals surface area (Å²) in [5.74, 6) is 0.621. The molecule has 0 aliphatic carbocycles. The minimum atomic E-state index is -0.507. The standard InChI is InChI=1S/C25H35ClN6O2/c1-4-21(32-23-16-19(3)28-31(23)11-8-24(32)33)25(34)27-9-5-10-29-12-14-30(15-13-29)22-17-20(26)7-6-18(22)2/h6-7,16-17,21H,4-5,8-15H2,1-3H3,(H,27,34)/t21-/m1/s1. The third-order valence-electron chi connectivity index (χ3n) is 6.77. The predicted octanol–water partition coefficient (Wildman–Crippen LogP) is 3.00. The van der Waals surface area contributed by atoms with Crippen LogP contribution in [0.3, 0.4) is 0 Å². The van der Waals surface area contributed by atoms with Gasteiger partial charge in [0.25, 0.3) is 0 Å². The van der Waals surface area contributed by atoms with Crippen molar-refractivity contribution in [2.45, 2.75) is 52.6 Å². The summed E-state index contributed by atoms with van der Waals surface area (Å²) in [5.41, 5.74) is 3.32. The molecule has 1 aromatic carbocycles. The fraction of sp³-hybridized carbons (Fsp3) is 0.560. The molecule has 1 atom stereocenters. The summed E-state index contributed by atoms with van der Waals surface area (Å²) in [6.07, 6.45) is 1.81. The molecule has 1 saturated heterocycles. The Kier molecular flexibility index (Phi) is 7.78. The number of aromatic nitrogens is 2. The van der Waals surface area contributed by atoms with Gasteiger partial charge in [-0.25, -0.2) is 4.68 Å². The van der Waals surface area contributed by atoms with Crippen LogP contribution >= 0.6 is 11.6 Å². The third-order valence-corrected chi connectivity index (χ3v) is 7.00. The number of halogens is 1. The number of anilines is 2. The van der Waals surface area contributed by atoms with Crippen LogP contribution in [0, 0.1) is 13.8 Å². The monoisotopic (exact) mass is 486 g/mol. The molecule has 1 aromatic heterocycles. The lowest BCUT2D eigenvalue weighted by atomic mass is 10.1. The predicted molar refractivity (Wildman–Crippen MR) is 136 cm³/mol. The Labute approximate surface area is 206 Å². The molecule has 2 amide bonds. The number of carbonyl (C=O) groups is 2. The van der Waals surface area contributed by atoms with Crippen LogP contribution in [0.5, 0.6) is 0 Å². The maximum Gasteiger partial charge on any atom is 0.243 e. The highest BCUT2D eigenvalue weighted by molar-refractivity contribution is 6.30. The van der Waals surface area contributed by atoms with Gasteiger partial charge >= 0.3 is 0 Å². The molecule has 0 radical (unpaired) electrons. The van der Waals surface area contributed by atoms with Crippen molar-refractivity contribution in [1.82, 2.24) is 20.0 Å². The average molecular weight is 487 g/mol. The summed E-state index contributed by atoms with van der Waals surface area (Å²) >= 11 is 6.19. The van der Waals surface area contributed by atoms with E-state index in [1.165, 1.54) is 11.3 Å². The van der Waals surface area contributed by atoms with Crippen LogP contribution in [0.4, 0.5) is 11.5 Å². The second-order valence-corrected chi connectivity index (χ2v) is 9.65. The first-order valence-corrected chi connectivity index (χ1v) is 12.6. The van der Waals surface area contributed by atoms with E-state index in [9.17, 15) is 9.59 Å². The van der Waals surface area contributed by atoms with Gasteiger partial charge in [-0.05, 0) is 50.9 Å². The number of hydrogen-bond donors (Lipinski definition) is 1. The van der Waals surface area contributed by atoms with Gasteiger partial charge in [-0.3, -0.25) is 19.4 Å². The molecule has 8 nitrogen and oxygen atoms in total. The number of nitrogens with zero attached hydrogens (tertiary/aromatic N) is 5. The Bertz CT molecular complexity index is 1030. The molecular weight excluding hydrogens is 452 g/mol. The van der Waals surface area contributed by atoms with Gasteiger partial charge in [-0.1, -0.05) is 24.6 Å². The van der Waals surface area contributed by atoms with Crippen molar-refractivity contribution in [2.24, 2.45) is 0 Å². The Morgan fingerprint density at radius 1 is 1.15 bits per heavy atom. The molecule has 0 spiro atoms. The molecule has 184 valence electrons. The number of benzene rings is 1. The number of fused-ring (bicyclic) bond motifs is 1. The first kappa shape index (κ1) is 24.5. The van der Waals surface area contributed by atoms with E-state index in [-0.39, 0.29) is 11.8 Å². The van der Waals surface area contributed by atoms with E-state index in [2.05, 4.69) is 33.2 Å². The van der Waals surface area contributed by atoms with Crippen molar-refractivity contribution in [3.8, 4) is 0 Å². The van der Waals surface area contributed by atoms with E-state index < -0.39 is 6.04 Å². The van der Waals surface area contributed by atoms with E-state index in [0.717, 1.165) is 55.7 Å². The number of piperazine rings is 1. The second-order valence-electron chi connectivity index (χ2n) is 9.21. The van der Waals surface area contributed by atoms with Crippen molar-refractivity contribution in [3.05, 3.63) is 40.5 Å². The first-order chi connectivity index (χ1) is 16.4. The van der Waals surface area contributed by atoms with Gasteiger partial charge in [-0.15, -0.1) is 0 Å².